The maximum absolute atomic E-state index is 12.8. The van der Waals surface area contributed by atoms with Crippen LogP contribution in [0.4, 0.5) is 0 Å². The van der Waals surface area contributed by atoms with Gasteiger partial charge in [-0.2, -0.15) is 0 Å². The number of esters is 2. The number of carbonyl (C=O) groups is 2. The van der Waals surface area contributed by atoms with Gasteiger partial charge in [0.25, 0.3) is 7.82 Å². The second kappa shape index (κ2) is 48.1. The minimum Gasteiger partial charge on any atom is -0.756 e. The number of phosphoric ester groups is 1. The second-order valence-corrected chi connectivity index (χ2v) is 22.1. The predicted molar refractivity (Wildman–Crippen MR) is 273 cm³/mol. The highest BCUT2D eigenvalue weighted by Gasteiger charge is 2.22. The zero-order valence-electron chi connectivity index (χ0n) is 44.0. The van der Waals surface area contributed by atoms with Crippen molar-refractivity contribution in [3.05, 3.63) is 0 Å². The minimum absolute atomic E-state index is 0.0251. The average molecular weight is 944 g/mol. The quantitative estimate of drug-likeness (QED) is 0.0257. The van der Waals surface area contributed by atoms with Gasteiger partial charge < -0.3 is 27.9 Å². The summed E-state index contributed by atoms with van der Waals surface area (Å²) >= 11 is 0. The number of ether oxygens (including phenoxy) is 2. The molecule has 0 bridgehead atoms. The van der Waals surface area contributed by atoms with Crippen LogP contribution in [0.25, 0.3) is 0 Å². The third kappa shape index (κ3) is 52.2. The summed E-state index contributed by atoms with van der Waals surface area (Å²) in [5, 5.41) is 0. The van der Waals surface area contributed by atoms with Gasteiger partial charge in [0.2, 0.25) is 0 Å². The summed E-state index contributed by atoms with van der Waals surface area (Å²) in [6, 6.07) is 0. The van der Waals surface area contributed by atoms with Crippen LogP contribution in [0.3, 0.4) is 0 Å². The topological polar surface area (TPSA) is 111 Å². The van der Waals surface area contributed by atoms with Crippen LogP contribution >= 0.6 is 7.82 Å². The SMILES string of the molecule is CCCCCCCCCCCCCCCCCCCCCCCCCC(=O)OC(COC(=O)CCCCCCCCCCCCCCCCCCCC)COP(=O)([O-])OCC[N+](C)(C)C. The molecule has 2 unspecified atom stereocenters. The van der Waals surface area contributed by atoms with Gasteiger partial charge in [-0.3, -0.25) is 14.2 Å². The lowest BCUT2D eigenvalue weighted by atomic mass is 10.0. The number of carbonyl (C=O) groups excluding carboxylic acids is 2. The molecule has 65 heavy (non-hydrogen) atoms. The summed E-state index contributed by atoms with van der Waals surface area (Å²) < 4.78 is 34.1. The van der Waals surface area contributed by atoms with Gasteiger partial charge in [-0.25, -0.2) is 0 Å². The summed E-state index contributed by atoms with van der Waals surface area (Å²) in [4.78, 5) is 37.8. The molecule has 2 atom stereocenters. The fourth-order valence-electron chi connectivity index (χ4n) is 8.48. The number of phosphoric acid groups is 1. The maximum Gasteiger partial charge on any atom is 0.306 e. The third-order valence-corrected chi connectivity index (χ3v) is 13.8. The number of hydrogen-bond donors (Lipinski definition) is 0. The molecule has 0 amide bonds. The van der Waals surface area contributed by atoms with Gasteiger partial charge in [0.15, 0.2) is 6.10 Å². The molecule has 0 rings (SSSR count). The van der Waals surface area contributed by atoms with Crippen molar-refractivity contribution in [1.29, 1.82) is 0 Å². The number of rotatable bonds is 53. The first-order valence-electron chi connectivity index (χ1n) is 28.2. The maximum atomic E-state index is 12.8. The van der Waals surface area contributed by atoms with Gasteiger partial charge in [0.05, 0.1) is 27.7 Å². The number of quaternary nitrogens is 1. The Morgan fingerprint density at radius 3 is 0.985 bits per heavy atom. The standard InChI is InChI=1S/C55H110NO8P/c1-6-8-10-12-14-16-18-20-22-24-26-27-28-29-30-32-34-36-38-40-42-44-46-48-55(58)64-53(52-63-65(59,60)62-50-49-56(3,4)5)51-61-54(57)47-45-43-41-39-37-35-33-31-25-23-21-19-17-15-13-11-9-7-2/h53H,6-52H2,1-5H3. The molecule has 0 radical (unpaired) electrons. The molecular formula is C55H110NO8P. The first-order chi connectivity index (χ1) is 31.5. The van der Waals surface area contributed by atoms with Crippen LogP contribution in [0.2, 0.25) is 0 Å². The molecule has 0 fully saturated rings. The third-order valence-electron chi connectivity index (χ3n) is 12.9. The smallest absolute Gasteiger partial charge is 0.306 e. The second-order valence-electron chi connectivity index (χ2n) is 20.7. The molecule has 10 heteroatoms. The Bertz CT molecular complexity index is 1070. The van der Waals surface area contributed by atoms with Crippen molar-refractivity contribution in [2.24, 2.45) is 0 Å². The molecular weight excluding hydrogens is 834 g/mol. The first-order valence-corrected chi connectivity index (χ1v) is 29.7. The van der Waals surface area contributed by atoms with Crippen molar-refractivity contribution in [2.75, 3.05) is 47.5 Å². The van der Waals surface area contributed by atoms with Gasteiger partial charge in [0, 0.05) is 12.8 Å². The molecule has 0 saturated heterocycles. The Hall–Kier alpha value is -0.990. The van der Waals surface area contributed by atoms with Gasteiger partial charge in [-0.15, -0.1) is 0 Å². The Morgan fingerprint density at radius 2 is 0.692 bits per heavy atom. The molecule has 388 valence electrons. The van der Waals surface area contributed by atoms with Crippen LogP contribution in [-0.2, 0) is 32.7 Å². The monoisotopic (exact) mass is 944 g/mol. The highest BCUT2D eigenvalue weighted by atomic mass is 31.2. The zero-order chi connectivity index (χ0) is 47.8. The molecule has 0 aliphatic heterocycles. The molecule has 0 aliphatic carbocycles. The lowest BCUT2D eigenvalue weighted by molar-refractivity contribution is -0.870. The lowest BCUT2D eigenvalue weighted by Gasteiger charge is -2.28. The summed E-state index contributed by atoms with van der Waals surface area (Å²) in [5.74, 6) is -0.810. The predicted octanol–water partition coefficient (Wildman–Crippen LogP) is 16.5. The lowest BCUT2D eigenvalue weighted by Crippen LogP contribution is -2.37. The fraction of sp³-hybridized carbons (Fsp3) is 0.964. The van der Waals surface area contributed by atoms with Gasteiger partial charge in [-0.1, -0.05) is 264 Å². The molecule has 0 saturated carbocycles. The normalized spacial score (nSPS) is 13.3. The molecule has 0 aromatic carbocycles. The summed E-state index contributed by atoms with van der Waals surface area (Å²) in [7, 11) is 1.19. The Labute approximate surface area is 404 Å². The highest BCUT2D eigenvalue weighted by molar-refractivity contribution is 7.45. The van der Waals surface area contributed by atoms with E-state index in [4.69, 9.17) is 18.5 Å². The van der Waals surface area contributed by atoms with E-state index in [1.807, 2.05) is 21.1 Å². The average Bonchev–Trinajstić information content (AvgIpc) is 3.26. The number of hydrogen-bond acceptors (Lipinski definition) is 8. The summed E-state index contributed by atoms with van der Waals surface area (Å²) in [5.41, 5.74) is 0. The zero-order valence-corrected chi connectivity index (χ0v) is 44.9. The van der Waals surface area contributed by atoms with E-state index >= 15 is 0 Å². The summed E-state index contributed by atoms with van der Waals surface area (Å²) in [6.45, 7) is 4.31. The van der Waals surface area contributed by atoms with E-state index in [0.29, 0.717) is 17.4 Å². The van der Waals surface area contributed by atoms with E-state index in [2.05, 4.69) is 13.8 Å². The van der Waals surface area contributed by atoms with Crippen molar-refractivity contribution in [3.63, 3.8) is 0 Å². The van der Waals surface area contributed by atoms with Crippen molar-refractivity contribution in [3.8, 4) is 0 Å². The van der Waals surface area contributed by atoms with Crippen molar-refractivity contribution in [1.82, 2.24) is 0 Å². The van der Waals surface area contributed by atoms with E-state index in [1.165, 1.54) is 225 Å². The minimum atomic E-state index is -4.63. The molecule has 0 spiro atoms. The molecule has 0 heterocycles. The first kappa shape index (κ1) is 64.0. The van der Waals surface area contributed by atoms with E-state index < -0.39 is 26.5 Å². The highest BCUT2D eigenvalue weighted by Crippen LogP contribution is 2.38. The van der Waals surface area contributed by atoms with Gasteiger partial charge in [-0.05, 0) is 12.8 Å². The molecule has 0 aromatic rings. The van der Waals surface area contributed by atoms with E-state index in [0.717, 1.165) is 32.1 Å². The van der Waals surface area contributed by atoms with Gasteiger partial charge in [0.1, 0.15) is 19.8 Å². The van der Waals surface area contributed by atoms with Crippen LogP contribution in [0.15, 0.2) is 0 Å². The molecule has 0 N–H and O–H groups in total. The van der Waals surface area contributed by atoms with Crippen LogP contribution in [-0.4, -0.2) is 70.0 Å². The number of unbranched alkanes of at least 4 members (excludes halogenated alkanes) is 39. The summed E-state index contributed by atoms with van der Waals surface area (Å²) in [6.07, 6.45) is 52.8. The van der Waals surface area contributed by atoms with Crippen LogP contribution in [0, 0.1) is 0 Å². The Morgan fingerprint density at radius 1 is 0.415 bits per heavy atom. The van der Waals surface area contributed by atoms with Gasteiger partial charge >= 0.3 is 11.9 Å². The van der Waals surface area contributed by atoms with Crippen molar-refractivity contribution in [2.45, 2.75) is 296 Å². The van der Waals surface area contributed by atoms with Crippen LogP contribution in [0.5, 0.6) is 0 Å². The Balaban J connectivity index is 4.12. The van der Waals surface area contributed by atoms with Crippen LogP contribution < -0.4 is 4.89 Å². The van der Waals surface area contributed by atoms with E-state index in [-0.39, 0.29) is 32.0 Å². The molecule has 0 aromatic heterocycles. The fourth-order valence-corrected chi connectivity index (χ4v) is 9.21. The number of likely N-dealkylation sites (N-methyl/N-ethyl adjacent to an activating group) is 1. The van der Waals surface area contributed by atoms with Crippen LogP contribution in [0.1, 0.15) is 290 Å². The molecule has 0 aliphatic rings. The van der Waals surface area contributed by atoms with E-state index in [9.17, 15) is 19.0 Å². The largest absolute Gasteiger partial charge is 0.756 e. The Kier molecular flexibility index (Phi) is 47.3. The van der Waals surface area contributed by atoms with Crippen molar-refractivity contribution >= 4 is 19.8 Å². The number of nitrogens with zero attached hydrogens (tertiary/aromatic N) is 1. The van der Waals surface area contributed by atoms with Crippen molar-refractivity contribution < 1.29 is 42.1 Å². The van der Waals surface area contributed by atoms with E-state index in [1.54, 1.807) is 0 Å². The molecule has 9 nitrogen and oxygen atoms in total.